The van der Waals surface area contributed by atoms with Gasteiger partial charge in [0.2, 0.25) is 5.91 Å². The summed E-state index contributed by atoms with van der Waals surface area (Å²) in [6.07, 6.45) is 3.11. The van der Waals surface area contributed by atoms with E-state index in [2.05, 4.69) is 21.2 Å². The number of amides is 1. The average Bonchev–Trinajstić information content (AvgIpc) is 2.12. The lowest BCUT2D eigenvalue weighted by atomic mass is 10.3. The summed E-state index contributed by atoms with van der Waals surface area (Å²) in [5.74, 6) is -0.187. The summed E-state index contributed by atoms with van der Waals surface area (Å²) in [6.45, 7) is 1.78. The second-order valence-corrected chi connectivity index (χ2v) is 3.94. The monoisotopic (exact) mass is 273 g/mol. The quantitative estimate of drug-likeness (QED) is 0.820. The molecule has 0 spiro atoms. The lowest BCUT2D eigenvalue weighted by Gasteiger charge is -2.04. The molecule has 0 heterocycles. The zero-order valence-corrected chi connectivity index (χ0v) is 9.89. The molecule has 0 atom stereocenters. The minimum absolute atomic E-state index is 0.187. The van der Waals surface area contributed by atoms with Crippen LogP contribution in [0, 0.1) is 0 Å². The van der Waals surface area contributed by atoms with Gasteiger partial charge in [0.25, 0.3) is 0 Å². The number of allylic oxidation sites excluding steroid dienone is 1. The Balaban J connectivity index is 2.85. The van der Waals surface area contributed by atoms with Gasteiger partial charge in [-0.05, 0) is 31.2 Å². The van der Waals surface area contributed by atoms with Crippen LogP contribution in [0.25, 0.3) is 0 Å². The van der Waals surface area contributed by atoms with Crippen molar-refractivity contribution in [2.45, 2.75) is 6.92 Å². The van der Waals surface area contributed by atoms with E-state index in [0.717, 1.165) is 4.47 Å². The van der Waals surface area contributed by atoms with Crippen molar-refractivity contribution in [3.05, 3.63) is 39.8 Å². The Labute approximate surface area is 96.1 Å². The maximum atomic E-state index is 11.2. The number of hydrogen-bond acceptors (Lipinski definition) is 1. The zero-order chi connectivity index (χ0) is 10.6. The predicted octanol–water partition coefficient (Wildman–Crippen LogP) is 3.62. The van der Waals surface area contributed by atoms with Gasteiger partial charge in [0.15, 0.2) is 0 Å². The topological polar surface area (TPSA) is 29.1 Å². The van der Waals surface area contributed by atoms with E-state index in [1.807, 2.05) is 6.07 Å². The van der Waals surface area contributed by atoms with E-state index in [1.165, 1.54) is 6.08 Å². The fourth-order valence-electron chi connectivity index (χ4n) is 0.919. The SMILES string of the molecule is CC=CC(=O)Nc1cc(Br)ccc1Cl. The standard InChI is InChI=1S/C10H9BrClNO/c1-2-3-10(14)13-9-6-7(11)4-5-8(9)12/h2-6H,1H3,(H,13,14). The zero-order valence-electron chi connectivity index (χ0n) is 7.55. The van der Waals surface area contributed by atoms with Gasteiger partial charge in [0, 0.05) is 4.47 Å². The molecule has 14 heavy (non-hydrogen) atoms. The molecule has 0 saturated carbocycles. The minimum Gasteiger partial charge on any atom is -0.321 e. The Hall–Kier alpha value is -0.800. The molecule has 4 heteroatoms. The van der Waals surface area contributed by atoms with Crippen molar-refractivity contribution in [3.8, 4) is 0 Å². The Kier molecular flexibility index (Phi) is 4.17. The Morgan fingerprint density at radius 3 is 2.93 bits per heavy atom. The van der Waals surface area contributed by atoms with Gasteiger partial charge >= 0.3 is 0 Å². The molecule has 0 saturated heterocycles. The van der Waals surface area contributed by atoms with E-state index < -0.39 is 0 Å². The normalized spacial score (nSPS) is 10.5. The van der Waals surface area contributed by atoms with Crippen molar-refractivity contribution in [1.82, 2.24) is 0 Å². The number of benzene rings is 1. The van der Waals surface area contributed by atoms with Crippen molar-refractivity contribution < 1.29 is 4.79 Å². The van der Waals surface area contributed by atoms with Gasteiger partial charge in [0.1, 0.15) is 0 Å². The summed E-state index contributed by atoms with van der Waals surface area (Å²) in [6, 6.07) is 5.29. The molecule has 0 aliphatic rings. The number of carbonyl (C=O) groups excluding carboxylic acids is 1. The number of rotatable bonds is 2. The summed E-state index contributed by atoms with van der Waals surface area (Å²) in [5, 5.41) is 3.18. The Morgan fingerprint density at radius 2 is 2.29 bits per heavy atom. The first-order valence-electron chi connectivity index (χ1n) is 4.02. The van der Waals surface area contributed by atoms with Crippen LogP contribution < -0.4 is 5.32 Å². The summed E-state index contributed by atoms with van der Waals surface area (Å²) >= 11 is 9.18. The lowest BCUT2D eigenvalue weighted by molar-refractivity contribution is -0.111. The first-order valence-corrected chi connectivity index (χ1v) is 5.19. The van der Waals surface area contributed by atoms with Crippen molar-refractivity contribution in [3.63, 3.8) is 0 Å². The molecule has 0 radical (unpaired) electrons. The van der Waals surface area contributed by atoms with Crippen LogP contribution in [0.4, 0.5) is 5.69 Å². The second-order valence-electron chi connectivity index (χ2n) is 2.61. The van der Waals surface area contributed by atoms with Gasteiger partial charge in [0.05, 0.1) is 10.7 Å². The third-order valence-electron chi connectivity index (χ3n) is 1.50. The number of carbonyl (C=O) groups is 1. The van der Waals surface area contributed by atoms with Crippen LogP contribution in [0.3, 0.4) is 0 Å². The molecular formula is C10H9BrClNO. The summed E-state index contributed by atoms with van der Waals surface area (Å²) in [4.78, 5) is 11.2. The highest BCUT2D eigenvalue weighted by molar-refractivity contribution is 9.10. The van der Waals surface area contributed by atoms with Crippen LogP contribution in [-0.4, -0.2) is 5.91 Å². The van der Waals surface area contributed by atoms with Crippen LogP contribution in [0.15, 0.2) is 34.8 Å². The molecule has 1 N–H and O–H groups in total. The third-order valence-corrected chi connectivity index (χ3v) is 2.33. The predicted molar refractivity (Wildman–Crippen MR) is 62.6 cm³/mol. The fourth-order valence-corrected chi connectivity index (χ4v) is 1.44. The number of anilines is 1. The highest BCUT2D eigenvalue weighted by Gasteiger charge is 2.02. The molecule has 74 valence electrons. The van der Waals surface area contributed by atoms with Gasteiger partial charge in [-0.3, -0.25) is 4.79 Å². The van der Waals surface area contributed by atoms with Crippen LogP contribution in [-0.2, 0) is 4.79 Å². The molecule has 2 nitrogen and oxygen atoms in total. The molecule has 1 aromatic rings. The van der Waals surface area contributed by atoms with E-state index >= 15 is 0 Å². The van der Waals surface area contributed by atoms with Gasteiger partial charge in [-0.25, -0.2) is 0 Å². The third kappa shape index (κ3) is 3.16. The smallest absolute Gasteiger partial charge is 0.248 e. The highest BCUT2D eigenvalue weighted by Crippen LogP contribution is 2.25. The van der Waals surface area contributed by atoms with Crippen molar-refractivity contribution in [1.29, 1.82) is 0 Å². The summed E-state index contributed by atoms with van der Waals surface area (Å²) in [5.41, 5.74) is 0.601. The molecule has 0 aromatic heterocycles. The first-order chi connectivity index (χ1) is 6.63. The maximum absolute atomic E-state index is 11.2. The molecule has 0 aliphatic carbocycles. The van der Waals surface area contributed by atoms with E-state index in [9.17, 15) is 4.79 Å². The summed E-state index contributed by atoms with van der Waals surface area (Å²) in [7, 11) is 0. The van der Waals surface area contributed by atoms with E-state index in [1.54, 1.807) is 25.1 Å². The fraction of sp³-hybridized carbons (Fsp3) is 0.100. The van der Waals surface area contributed by atoms with Crippen LogP contribution in [0.2, 0.25) is 5.02 Å². The molecule has 0 unspecified atom stereocenters. The van der Waals surface area contributed by atoms with Crippen molar-refractivity contribution >= 4 is 39.1 Å². The maximum Gasteiger partial charge on any atom is 0.248 e. The molecule has 0 bridgehead atoms. The Bertz CT molecular complexity index is 376. The van der Waals surface area contributed by atoms with Gasteiger partial charge in [-0.1, -0.05) is 33.6 Å². The number of halogens is 2. The highest BCUT2D eigenvalue weighted by atomic mass is 79.9. The summed E-state index contributed by atoms with van der Waals surface area (Å²) < 4.78 is 0.873. The molecule has 1 rings (SSSR count). The van der Waals surface area contributed by atoms with E-state index in [0.29, 0.717) is 10.7 Å². The molecule has 0 fully saturated rings. The van der Waals surface area contributed by atoms with Crippen LogP contribution in [0.5, 0.6) is 0 Å². The molecule has 0 aliphatic heterocycles. The number of hydrogen-bond donors (Lipinski definition) is 1. The van der Waals surface area contributed by atoms with Crippen LogP contribution >= 0.6 is 27.5 Å². The van der Waals surface area contributed by atoms with Gasteiger partial charge in [-0.2, -0.15) is 0 Å². The molecule has 1 aromatic carbocycles. The van der Waals surface area contributed by atoms with Gasteiger partial charge in [-0.15, -0.1) is 0 Å². The average molecular weight is 275 g/mol. The first kappa shape index (κ1) is 11.3. The minimum atomic E-state index is -0.187. The van der Waals surface area contributed by atoms with Crippen LogP contribution in [0.1, 0.15) is 6.92 Å². The lowest BCUT2D eigenvalue weighted by Crippen LogP contribution is -2.07. The van der Waals surface area contributed by atoms with Gasteiger partial charge < -0.3 is 5.32 Å². The molecular weight excluding hydrogens is 265 g/mol. The Morgan fingerprint density at radius 1 is 1.57 bits per heavy atom. The largest absolute Gasteiger partial charge is 0.321 e. The number of nitrogens with one attached hydrogen (secondary N) is 1. The van der Waals surface area contributed by atoms with Crippen molar-refractivity contribution in [2.24, 2.45) is 0 Å². The van der Waals surface area contributed by atoms with E-state index in [-0.39, 0.29) is 5.91 Å². The van der Waals surface area contributed by atoms with E-state index in [4.69, 9.17) is 11.6 Å². The second kappa shape index (κ2) is 5.17. The molecule has 1 amide bonds. The van der Waals surface area contributed by atoms with Crippen molar-refractivity contribution in [2.75, 3.05) is 5.32 Å².